The van der Waals surface area contributed by atoms with Gasteiger partial charge in [-0.1, -0.05) is 44.2 Å². The molecule has 0 radical (unpaired) electrons. The summed E-state index contributed by atoms with van der Waals surface area (Å²) in [4.78, 5) is 13.1. The number of benzene rings is 2. The van der Waals surface area contributed by atoms with Crippen LogP contribution in [0.4, 0.5) is 0 Å². The lowest BCUT2D eigenvalue weighted by Crippen LogP contribution is -2.10. The average Bonchev–Trinajstić information content (AvgIpc) is 3.11. The van der Waals surface area contributed by atoms with Crippen LogP contribution in [-0.4, -0.2) is 5.91 Å². The summed E-state index contributed by atoms with van der Waals surface area (Å²) in [5, 5.41) is 0. The van der Waals surface area contributed by atoms with Crippen molar-refractivity contribution in [2.24, 2.45) is 11.7 Å². The first-order valence-electron chi connectivity index (χ1n) is 9.58. The van der Waals surface area contributed by atoms with Gasteiger partial charge in [-0.25, -0.2) is 0 Å². The van der Waals surface area contributed by atoms with Gasteiger partial charge in [0, 0.05) is 4.88 Å². The van der Waals surface area contributed by atoms with Gasteiger partial charge in [-0.2, -0.15) is 0 Å². The highest BCUT2D eigenvalue weighted by Gasteiger charge is 2.20. The molecule has 1 heterocycles. The molecule has 1 amide bonds. The van der Waals surface area contributed by atoms with E-state index in [4.69, 9.17) is 10.5 Å². The van der Waals surface area contributed by atoms with Gasteiger partial charge < -0.3 is 10.5 Å². The van der Waals surface area contributed by atoms with E-state index in [0.717, 1.165) is 17.0 Å². The third kappa shape index (κ3) is 4.63. The number of rotatable bonds is 7. The number of carbonyl (C=O) groups excluding carboxylic acids is 1. The summed E-state index contributed by atoms with van der Waals surface area (Å²) in [6.45, 7) is 8.59. The maximum atomic E-state index is 11.5. The highest BCUT2D eigenvalue weighted by Crippen LogP contribution is 2.36. The van der Waals surface area contributed by atoms with Gasteiger partial charge in [0.2, 0.25) is 0 Å². The van der Waals surface area contributed by atoms with Crippen molar-refractivity contribution >= 4 is 17.2 Å². The first kappa shape index (κ1) is 20.2. The van der Waals surface area contributed by atoms with Gasteiger partial charge in [0.15, 0.2) is 0 Å². The summed E-state index contributed by atoms with van der Waals surface area (Å²) < 4.78 is 6.42. The molecule has 0 bridgehead atoms. The smallest absolute Gasteiger partial charge is 0.258 e. The molecule has 28 heavy (non-hydrogen) atoms. The minimum absolute atomic E-state index is 0.0977. The van der Waals surface area contributed by atoms with E-state index in [1.165, 1.54) is 33.6 Å². The standard InChI is InChI=1S/C24H27NO2S/c1-15(2)12-20(21-10-11-22(28-21)24(25)26)27-19-13-16(3)23(17(4)14-19)18-8-6-5-7-9-18/h5-11,13-15,20H,12H2,1-4H3,(H2,25,26). The maximum absolute atomic E-state index is 11.5. The molecule has 1 unspecified atom stereocenters. The van der Waals surface area contributed by atoms with Crippen LogP contribution in [0.2, 0.25) is 0 Å². The molecular weight excluding hydrogens is 366 g/mol. The molecule has 0 fully saturated rings. The van der Waals surface area contributed by atoms with Gasteiger partial charge in [0.05, 0.1) is 4.88 Å². The fourth-order valence-electron chi connectivity index (χ4n) is 3.53. The molecule has 2 N–H and O–H groups in total. The number of hydrogen-bond donors (Lipinski definition) is 1. The Morgan fingerprint density at radius 2 is 1.68 bits per heavy atom. The van der Waals surface area contributed by atoms with Gasteiger partial charge in [-0.15, -0.1) is 11.3 Å². The van der Waals surface area contributed by atoms with Crippen LogP contribution in [0.5, 0.6) is 5.75 Å². The quantitative estimate of drug-likeness (QED) is 0.512. The zero-order chi connectivity index (χ0) is 20.3. The Morgan fingerprint density at radius 1 is 1.04 bits per heavy atom. The van der Waals surface area contributed by atoms with Crippen LogP contribution < -0.4 is 10.5 Å². The predicted molar refractivity (Wildman–Crippen MR) is 117 cm³/mol. The fourth-order valence-corrected chi connectivity index (χ4v) is 4.43. The van der Waals surface area contributed by atoms with Crippen LogP contribution in [0.15, 0.2) is 54.6 Å². The van der Waals surface area contributed by atoms with Crippen LogP contribution in [0.1, 0.15) is 52.0 Å². The van der Waals surface area contributed by atoms with Gasteiger partial charge in [-0.3, -0.25) is 4.79 Å². The molecule has 4 heteroatoms. The van der Waals surface area contributed by atoms with Crippen molar-refractivity contribution in [3.63, 3.8) is 0 Å². The summed E-state index contributed by atoms with van der Waals surface area (Å²) in [6.07, 6.45) is 0.775. The van der Waals surface area contributed by atoms with E-state index in [9.17, 15) is 4.79 Å². The lowest BCUT2D eigenvalue weighted by atomic mass is 9.95. The molecule has 0 spiro atoms. The molecule has 0 saturated carbocycles. The van der Waals surface area contributed by atoms with Crippen molar-refractivity contribution in [1.82, 2.24) is 0 Å². The lowest BCUT2D eigenvalue weighted by molar-refractivity contribution is 0.100. The van der Waals surface area contributed by atoms with E-state index in [-0.39, 0.29) is 6.10 Å². The predicted octanol–water partition coefficient (Wildman–Crippen LogP) is 6.30. The first-order chi connectivity index (χ1) is 13.3. The van der Waals surface area contributed by atoms with Crippen LogP contribution in [-0.2, 0) is 0 Å². The number of hydrogen-bond acceptors (Lipinski definition) is 3. The average molecular weight is 394 g/mol. The SMILES string of the molecule is Cc1cc(OC(CC(C)C)c2ccc(C(N)=O)s2)cc(C)c1-c1ccccc1. The molecule has 0 aliphatic carbocycles. The van der Waals surface area contributed by atoms with Crippen LogP contribution in [0.3, 0.4) is 0 Å². The van der Waals surface area contributed by atoms with Crippen LogP contribution in [0.25, 0.3) is 11.1 Å². The molecule has 3 aromatic rings. The van der Waals surface area contributed by atoms with Crippen molar-refractivity contribution in [1.29, 1.82) is 0 Å². The third-order valence-electron chi connectivity index (χ3n) is 4.72. The molecule has 3 rings (SSSR count). The zero-order valence-electron chi connectivity index (χ0n) is 16.9. The second-order valence-electron chi connectivity index (χ2n) is 7.60. The molecular formula is C24H27NO2S. The summed E-state index contributed by atoms with van der Waals surface area (Å²) >= 11 is 1.42. The summed E-state index contributed by atoms with van der Waals surface area (Å²) in [6, 6.07) is 18.4. The molecule has 0 saturated heterocycles. The molecule has 1 aromatic heterocycles. The zero-order valence-corrected chi connectivity index (χ0v) is 17.7. The van der Waals surface area contributed by atoms with Crippen molar-refractivity contribution < 1.29 is 9.53 Å². The number of ether oxygens (including phenoxy) is 1. The monoisotopic (exact) mass is 393 g/mol. The van der Waals surface area contributed by atoms with E-state index in [1.807, 2.05) is 12.1 Å². The first-order valence-corrected chi connectivity index (χ1v) is 10.4. The van der Waals surface area contributed by atoms with Gasteiger partial charge >= 0.3 is 0 Å². The maximum Gasteiger partial charge on any atom is 0.258 e. The summed E-state index contributed by atoms with van der Waals surface area (Å²) in [7, 11) is 0. The number of nitrogens with two attached hydrogens (primary N) is 1. The number of aryl methyl sites for hydroxylation is 2. The van der Waals surface area contributed by atoms with Gasteiger partial charge in [-0.05, 0) is 72.7 Å². The Hall–Kier alpha value is -2.59. The fraction of sp³-hybridized carbons (Fsp3) is 0.292. The molecule has 2 aromatic carbocycles. The molecule has 0 aliphatic rings. The number of amides is 1. The van der Waals surface area contributed by atoms with E-state index >= 15 is 0 Å². The summed E-state index contributed by atoms with van der Waals surface area (Å²) in [5.74, 6) is 0.933. The minimum Gasteiger partial charge on any atom is -0.485 e. The molecule has 3 nitrogen and oxygen atoms in total. The highest BCUT2D eigenvalue weighted by atomic mass is 32.1. The van der Waals surface area contributed by atoms with Crippen LogP contribution >= 0.6 is 11.3 Å². The Bertz CT molecular complexity index is 937. The third-order valence-corrected chi connectivity index (χ3v) is 5.91. The second kappa shape index (κ2) is 8.61. The minimum atomic E-state index is -0.390. The van der Waals surface area contributed by atoms with Gasteiger partial charge in [0.1, 0.15) is 11.9 Å². The van der Waals surface area contributed by atoms with E-state index in [1.54, 1.807) is 6.07 Å². The Kier molecular flexibility index (Phi) is 6.20. The normalized spacial score (nSPS) is 12.2. The molecule has 146 valence electrons. The Labute approximate surface area is 171 Å². The topological polar surface area (TPSA) is 52.3 Å². The Balaban J connectivity index is 1.91. The largest absolute Gasteiger partial charge is 0.485 e. The van der Waals surface area contributed by atoms with Crippen molar-refractivity contribution in [3.05, 3.63) is 75.5 Å². The lowest BCUT2D eigenvalue weighted by Gasteiger charge is -2.21. The van der Waals surface area contributed by atoms with E-state index < -0.39 is 5.91 Å². The van der Waals surface area contributed by atoms with E-state index in [2.05, 4.69) is 64.1 Å². The van der Waals surface area contributed by atoms with Crippen molar-refractivity contribution in [3.8, 4) is 16.9 Å². The number of thiophene rings is 1. The number of primary amides is 1. The molecule has 1 atom stereocenters. The van der Waals surface area contributed by atoms with Gasteiger partial charge in [0.25, 0.3) is 5.91 Å². The van der Waals surface area contributed by atoms with Crippen molar-refractivity contribution in [2.45, 2.75) is 40.2 Å². The van der Waals surface area contributed by atoms with E-state index in [0.29, 0.717) is 10.8 Å². The highest BCUT2D eigenvalue weighted by molar-refractivity contribution is 7.14. The summed E-state index contributed by atoms with van der Waals surface area (Å²) in [5.41, 5.74) is 10.3. The Morgan fingerprint density at radius 3 is 2.21 bits per heavy atom. The van der Waals surface area contributed by atoms with Crippen LogP contribution in [0, 0.1) is 19.8 Å². The van der Waals surface area contributed by atoms with Crippen molar-refractivity contribution in [2.75, 3.05) is 0 Å². The number of carbonyl (C=O) groups is 1. The molecule has 0 aliphatic heterocycles. The second-order valence-corrected chi connectivity index (χ2v) is 8.72.